The monoisotopic (exact) mass is 568 g/mol. The van der Waals surface area contributed by atoms with E-state index in [0.717, 1.165) is 38.5 Å². The van der Waals surface area contributed by atoms with Crippen LogP contribution < -0.4 is 0 Å². The highest BCUT2D eigenvalue weighted by atomic mass is 16.2. The van der Waals surface area contributed by atoms with Crippen molar-refractivity contribution in [2.24, 2.45) is 0 Å². The Balaban J connectivity index is 3.66. The first-order valence-corrected chi connectivity index (χ1v) is 16.1. The van der Waals surface area contributed by atoms with E-state index in [1.54, 1.807) is 0 Å². The summed E-state index contributed by atoms with van der Waals surface area (Å²) in [5.74, 6) is -0.154. The molecule has 0 radical (unpaired) electrons. The first-order valence-electron chi connectivity index (χ1n) is 16.1. The number of unbranched alkanes of at least 4 members (excludes halogenated alkanes) is 9. The van der Waals surface area contributed by atoms with E-state index in [4.69, 9.17) is 0 Å². The van der Waals surface area contributed by atoms with Crippen LogP contribution in [0.2, 0.25) is 0 Å². The summed E-state index contributed by atoms with van der Waals surface area (Å²) >= 11 is 0. The van der Waals surface area contributed by atoms with Gasteiger partial charge in [0.1, 0.15) is 17.3 Å². The number of allylic oxidation sites excluding steroid dienone is 8. The molecule has 5 nitrogen and oxygen atoms in total. The maximum Gasteiger partial charge on any atom is 0.198 e. The maximum absolute atomic E-state index is 12.0. The predicted molar refractivity (Wildman–Crippen MR) is 170 cm³/mol. The Morgan fingerprint density at radius 1 is 0.439 bits per heavy atom. The molecule has 0 bridgehead atoms. The van der Waals surface area contributed by atoms with Crippen molar-refractivity contribution in [2.45, 2.75) is 149 Å². The van der Waals surface area contributed by atoms with Gasteiger partial charge in [-0.15, -0.1) is 0 Å². The molecule has 41 heavy (non-hydrogen) atoms. The van der Waals surface area contributed by atoms with E-state index in [2.05, 4.69) is 31.2 Å². The Bertz CT molecular complexity index is 859. The molecule has 0 aromatic rings. The van der Waals surface area contributed by atoms with Gasteiger partial charge in [-0.1, -0.05) is 94.1 Å². The Kier molecular flexibility index (Phi) is 26.9. The summed E-state index contributed by atoms with van der Waals surface area (Å²) in [6.07, 6.45) is 33.3. The lowest BCUT2D eigenvalue weighted by atomic mass is 10.0. The van der Waals surface area contributed by atoms with Gasteiger partial charge in [-0.3, -0.25) is 24.0 Å². The number of rotatable bonds is 29. The third-order valence-corrected chi connectivity index (χ3v) is 6.92. The van der Waals surface area contributed by atoms with E-state index in [1.807, 2.05) is 24.3 Å². The van der Waals surface area contributed by atoms with Crippen LogP contribution in [0.4, 0.5) is 0 Å². The minimum absolute atomic E-state index is 0.120. The SMILES string of the molecule is CCCCCCC/C=C/C=C/C=C/CCCC(=O)CC/C=C/CC(=O)CCCC(=O)CCCCCCC(=O)C(C)=O. The molecular formula is C36H56O5. The van der Waals surface area contributed by atoms with E-state index < -0.39 is 0 Å². The summed E-state index contributed by atoms with van der Waals surface area (Å²) in [6, 6.07) is 0. The van der Waals surface area contributed by atoms with Crippen molar-refractivity contribution in [2.75, 3.05) is 0 Å². The molecular weight excluding hydrogens is 512 g/mol. The highest BCUT2D eigenvalue weighted by Crippen LogP contribution is 2.10. The van der Waals surface area contributed by atoms with Gasteiger partial charge in [0.2, 0.25) is 0 Å². The van der Waals surface area contributed by atoms with Crippen LogP contribution in [0.25, 0.3) is 0 Å². The second kappa shape index (κ2) is 28.8. The van der Waals surface area contributed by atoms with E-state index in [-0.39, 0.29) is 28.9 Å². The molecule has 0 aromatic heterocycles. The molecule has 0 unspecified atom stereocenters. The Morgan fingerprint density at radius 3 is 1.66 bits per heavy atom. The minimum Gasteiger partial charge on any atom is -0.300 e. The van der Waals surface area contributed by atoms with Crippen LogP contribution in [0.1, 0.15) is 149 Å². The Hall–Kier alpha value is -2.69. The van der Waals surface area contributed by atoms with E-state index in [9.17, 15) is 24.0 Å². The van der Waals surface area contributed by atoms with Gasteiger partial charge in [-0.25, -0.2) is 0 Å². The van der Waals surface area contributed by atoms with E-state index in [1.165, 1.54) is 39.0 Å². The first-order chi connectivity index (χ1) is 19.9. The standard InChI is InChI=1S/C36H56O5/c1-3-4-5-6-7-8-9-10-11-12-13-14-15-19-25-33(38)27-21-18-22-28-35(40)30-24-29-34(39)26-20-16-17-23-31-36(41)32(2)37/h9-14,18,22H,3-8,15-17,19-21,23-31H2,1-2H3/b10-9+,12-11+,14-13+,22-18+. The van der Waals surface area contributed by atoms with Crippen molar-refractivity contribution in [3.63, 3.8) is 0 Å². The molecule has 0 atom stereocenters. The van der Waals surface area contributed by atoms with Crippen molar-refractivity contribution in [1.82, 2.24) is 0 Å². The van der Waals surface area contributed by atoms with Gasteiger partial charge in [0.05, 0.1) is 0 Å². The summed E-state index contributed by atoms with van der Waals surface area (Å²) in [4.78, 5) is 58.1. The normalized spacial score (nSPS) is 11.9. The van der Waals surface area contributed by atoms with Gasteiger partial charge in [0.25, 0.3) is 0 Å². The highest BCUT2D eigenvalue weighted by molar-refractivity contribution is 6.36. The molecule has 0 rings (SSSR count). The summed E-state index contributed by atoms with van der Waals surface area (Å²) in [6.45, 7) is 3.53. The predicted octanol–water partition coefficient (Wildman–Crippen LogP) is 9.29. The zero-order valence-corrected chi connectivity index (χ0v) is 26.0. The number of hydrogen-bond acceptors (Lipinski definition) is 5. The molecule has 0 amide bonds. The third kappa shape index (κ3) is 28.6. The molecule has 0 aliphatic rings. The first kappa shape index (κ1) is 38.3. The summed E-state index contributed by atoms with van der Waals surface area (Å²) in [5.41, 5.74) is 0. The second-order valence-corrected chi connectivity index (χ2v) is 10.9. The van der Waals surface area contributed by atoms with Crippen LogP contribution in [0.15, 0.2) is 48.6 Å². The Morgan fingerprint density at radius 2 is 0.976 bits per heavy atom. The topological polar surface area (TPSA) is 85.3 Å². The molecule has 5 heteroatoms. The average Bonchev–Trinajstić information content (AvgIpc) is 2.94. The van der Waals surface area contributed by atoms with Crippen LogP contribution in [-0.2, 0) is 24.0 Å². The smallest absolute Gasteiger partial charge is 0.198 e. The van der Waals surface area contributed by atoms with Gasteiger partial charge in [0.15, 0.2) is 11.6 Å². The number of ketones is 5. The molecule has 0 N–H and O–H groups in total. The summed E-state index contributed by atoms with van der Waals surface area (Å²) in [7, 11) is 0. The number of hydrogen-bond donors (Lipinski definition) is 0. The Labute approximate surface area is 250 Å². The lowest BCUT2D eigenvalue weighted by Crippen LogP contribution is -2.08. The number of carbonyl (C=O) groups excluding carboxylic acids is 5. The fourth-order valence-electron chi connectivity index (χ4n) is 4.31. The quantitative estimate of drug-likeness (QED) is 0.0388. The minimum atomic E-state index is -0.388. The number of Topliss-reactive ketones (excluding diaryl/α,β-unsaturated/α-hetero) is 5. The van der Waals surface area contributed by atoms with Crippen molar-refractivity contribution in [1.29, 1.82) is 0 Å². The molecule has 0 aromatic carbocycles. The summed E-state index contributed by atoms with van der Waals surface area (Å²) < 4.78 is 0. The van der Waals surface area contributed by atoms with Crippen molar-refractivity contribution < 1.29 is 24.0 Å². The van der Waals surface area contributed by atoms with Gasteiger partial charge < -0.3 is 0 Å². The van der Waals surface area contributed by atoms with Crippen molar-refractivity contribution in [3.05, 3.63) is 48.6 Å². The second-order valence-electron chi connectivity index (χ2n) is 10.9. The molecule has 0 saturated carbocycles. The fraction of sp³-hybridized carbons (Fsp3) is 0.639. The van der Waals surface area contributed by atoms with Crippen LogP contribution in [0.3, 0.4) is 0 Å². The average molecular weight is 569 g/mol. The summed E-state index contributed by atoms with van der Waals surface area (Å²) in [5, 5.41) is 0. The van der Waals surface area contributed by atoms with E-state index >= 15 is 0 Å². The molecule has 0 aliphatic heterocycles. The zero-order chi connectivity index (χ0) is 30.4. The van der Waals surface area contributed by atoms with Gasteiger partial charge in [-0.05, 0) is 51.4 Å². The van der Waals surface area contributed by atoms with Gasteiger partial charge in [0, 0.05) is 51.9 Å². The molecule has 230 valence electrons. The van der Waals surface area contributed by atoms with Crippen molar-refractivity contribution >= 4 is 28.9 Å². The highest BCUT2D eigenvalue weighted by Gasteiger charge is 2.08. The zero-order valence-electron chi connectivity index (χ0n) is 26.0. The van der Waals surface area contributed by atoms with Gasteiger partial charge in [-0.2, -0.15) is 0 Å². The fourth-order valence-corrected chi connectivity index (χ4v) is 4.31. The van der Waals surface area contributed by atoms with Crippen molar-refractivity contribution in [3.8, 4) is 0 Å². The lowest BCUT2D eigenvalue weighted by Gasteiger charge is -2.02. The molecule has 0 spiro atoms. The number of carbonyl (C=O) groups is 5. The molecule has 0 saturated heterocycles. The largest absolute Gasteiger partial charge is 0.300 e. The third-order valence-electron chi connectivity index (χ3n) is 6.92. The molecule has 0 fully saturated rings. The van der Waals surface area contributed by atoms with E-state index in [0.29, 0.717) is 64.2 Å². The van der Waals surface area contributed by atoms with Crippen LogP contribution in [0.5, 0.6) is 0 Å². The van der Waals surface area contributed by atoms with Crippen LogP contribution in [0, 0.1) is 0 Å². The lowest BCUT2D eigenvalue weighted by molar-refractivity contribution is -0.135. The van der Waals surface area contributed by atoms with Crippen LogP contribution >= 0.6 is 0 Å². The van der Waals surface area contributed by atoms with Gasteiger partial charge >= 0.3 is 0 Å². The molecule has 0 heterocycles. The van der Waals surface area contributed by atoms with Crippen LogP contribution in [-0.4, -0.2) is 28.9 Å². The molecule has 0 aliphatic carbocycles. The maximum atomic E-state index is 12.0.